The van der Waals surface area contributed by atoms with Crippen molar-refractivity contribution in [2.75, 3.05) is 46.2 Å². The first-order valence-electron chi connectivity index (χ1n) is 9.34. The van der Waals surface area contributed by atoms with Gasteiger partial charge in [-0.2, -0.15) is 0 Å². The molecule has 1 saturated heterocycles. The summed E-state index contributed by atoms with van der Waals surface area (Å²) in [5, 5.41) is 0. The number of amides is 2. The predicted molar refractivity (Wildman–Crippen MR) is 102 cm³/mol. The lowest BCUT2D eigenvalue weighted by Gasteiger charge is -2.23. The number of anilines is 1. The van der Waals surface area contributed by atoms with Crippen LogP contribution in [0.5, 0.6) is 0 Å². The molecule has 26 heavy (non-hydrogen) atoms. The van der Waals surface area contributed by atoms with Gasteiger partial charge in [-0.25, -0.2) is 9.97 Å². The van der Waals surface area contributed by atoms with Crippen molar-refractivity contribution in [1.82, 2.24) is 19.8 Å². The number of aromatic nitrogens is 2. The van der Waals surface area contributed by atoms with E-state index in [2.05, 4.69) is 23.8 Å². The fourth-order valence-corrected chi connectivity index (χ4v) is 3.40. The van der Waals surface area contributed by atoms with E-state index in [1.165, 1.54) is 0 Å². The topological polar surface area (TPSA) is 69.6 Å². The minimum absolute atomic E-state index is 0.0638. The summed E-state index contributed by atoms with van der Waals surface area (Å²) in [4.78, 5) is 39.5. The van der Waals surface area contributed by atoms with E-state index in [4.69, 9.17) is 0 Å². The normalized spacial score (nSPS) is 16.9. The molecule has 0 aromatic carbocycles. The lowest BCUT2D eigenvalue weighted by atomic mass is 9.99. The summed E-state index contributed by atoms with van der Waals surface area (Å²) in [6.45, 7) is 5.45. The van der Waals surface area contributed by atoms with Gasteiger partial charge in [-0.1, -0.05) is 13.8 Å². The van der Waals surface area contributed by atoms with Crippen LogP contribution in [0.1, 0.15) is 55.1 Å². The predicted octanol–water partition coefficient (Wildman–Crippen LogP) is 2.00. The molecule has 0 N–H and O–H groups in total. The van der Waals surface area contributed by atoms with Crippen LogP contribution in [-0.2, 0) is 4.79 Å². The molecule has 144 valence electrons. The van der Waals surface area contributed by atoms with Crippen LogP contribution in [0.2, 0.25) is 0 Å². The van der Waals surface area contributed by atoms with Crippen molar-refractivity contribution in [3.05, 3.63) is 17.5 Å². The second kappa shape index (κ2) is 8.47. The van der Waals surface area contributed by atoms with Crippen molar-refractivity contribution in [3.8, 4) is 0 Å². The van der Waals surface area contributed by atoms with Crippen molar-refractivity contribution in [2.24, 2.45) is 5.92 Å². The van der Waals surface area contributed by atoms with Gasteiger partial charge >= 0.3 is 0 Å². The first kappa shape index (κ1) is 20.1. The van der Waals surface area contributed by atoms with Crippen LogP contribution >= 0.6 is 0 Å². The number of hydrogen-bond donors (Lipinski definition) is 0. The molecule has 2 amide bonds. The number of hydrogen-bond acceptors (Lipinski definition) is 5. The average molecular weight is 361 g/mol. The van der Waals surface area contributed by atoms with E-state index in [0.29, 0.717) is 18.1 Å². The van der Waals surface area contributed by atoms with Crippen molar-refractivity contribution in [3.63, 3.8) is 0 Å². The molecular weight excluding hydrogens is 330 g/mol. The van der Waals surface area contributed by atoms with Crippen molar-refractivity contribution in [1.29, 1.82) is 0 Å². The Labute approximate surface area is 156 Å². The highest BCUT2D eigenvalue weighted by Gasteiger charge is 2.33. The fraction of sp³-hybridized carbons (Fsp3) is 0.684. The zero-order valence-electron chi connectivity index (χ0n) is 16.8. The molecule has 1 aliphatic rings. The molecule has 2 heterocycles. The van der Waals surface area contributed by atoms with E-state index in [9.17, 15) is 9.59 Å². The van der Waals surface area contributed by atoms with Gasteiger partial charge in [0.2, 0.25) is 11.9 Å². The number of likely N-dealkylation sites (tertiary alicyclic amines) is 1. The van der Waals surface area contributed by atoms with Crippen LogP contribution in [0.15, 0.2) is 6.20 Å². The SMILES string of the molecule is CCC(CC)C(=O)N1CCC(c2nc(N(C)C)ncc2C(=O)N(C)C)C1. The highest BCUT2D eigenvalue weighted by atomic mass is 16.2. The molecular formula is C19H31N5O2. The summed E-state index contributed by atoms with van der Waals surface area (Å²) in [7, 11) is 7.21. The number of rotatable bonds is 6. The first-order valence-corrected chi connectivity index (χ1v) is 9.34. The Bertz CT molecular complexity index is 655. The minimum atomic E-state index is -0.102. The van der Waals surface area contributed by atoms with E-state index >= 15 is 0 Å². The van der Waals surface area contributed by atoms with Gasteiger partial charge in [0.25, 0.3) is 5.91 Å². The van der Waals surface area contributed by atoms with Gasteiger partial charge in [-0.15, -0.1) is 0 Å². The summed E-state index contributed by atoms with van der Waals surface area (Å²) in [5.74, 6) is 0.850. The highest BCUT2D eigenvalue weighted by Crippen LogP contribution is 2.31. The lowest BCUT2D eigenvalue weighted by molar-refractivity contribution is -0.134. The lowest BCUT2D eigenvalue weighted by Crippen LogP contribution is -2.34. The van der Waals surface area contributed by atoms with E-state index in [0.717, 1.165) is 31.5 Å². The Hall–Kier alpha value is -2.18. The molecule has 0 aliphatic carbocycles. The second-order valence-corrected chi connectivity index (χ2v) is 7.35. The molecule has 7 heteroatoms. The van der Waals surface area contributed by atoms with Gasteiger partial charge < -0.3 is 14.7 Å². The van der Waals surface area contributed by atoms with Gasteiger partial charge in [-0.3, -0.25) is 9.59 Å². The molecule has 1 unspecified atom stereocenters. The Kier molecular flexibility index (Phi) is 6.56. The summed E-state index contributed by atoms with van der Waals surface area (Å²) >= 11 is 0. The number of carbonyl (C=O) groups excluding carboxylic acids is 2. The summed E-state index contributed by atoms with van der Waals surface area (Å²) in [6.07, 6.45) is 4.16. The van der Waals surface area contributed by atoms with Crippen LogP contribution < -0.4 is 4.90 Å². The average Bonchev–Trinajstić information content (AvgIpc) is 3.11. The van der Waals surface area contributed by atoms with Crippen molar-refractivity contribution >= 4 is 17.8 Å². The monoisotopic (exact) mass is 361 g/mol. The molecule has 0 spiro atoms. The summed E-state index contributed by atoms with van der Waals surface area (Å²) in [6, 6.07) is 0. The Balaban J connectivity index is 2.31. The molecule has 1 fully saturated rings. The Morgan fingerprint density at radius 2 is 1.88 bits per heavy atom. The fourth-order valence-electron chi connectivity index (χ4n) is 3.40. The zero-order valence-corrected chi connectivity index (χ0v) is 16.8. The molecule has 0 saturated carbocycles. The third-order valence-electron chi connectivity index (χ3n) is 5.06. The maximum Gasteiger partial charge on any atom is 0.256 e. The van der Waals surface area contributed by atoms with E-state index in [1.807, 2.05) is 23.9 Å². The maximum atomic E-state index is 12.7. The van der Waals surface area contributed by atoms with Crippen LogP contribution in [0.4, 0.5) is 5.95 Å². The molecule has 0 radical (unpaired) electrons. The van der Waals surface area contributed by atoms with Gasteiger partial charge in [0.05, 0.1) is 11.3 Å². The highest BCUT2D eigenvalue weighted by molar-refractivity contribution is 5.95. The van der Waals surface area contributed by atoms with Crippen molar-refractivity contribution in [2.45, 2.75) is 39.0 Å². The molecule has 1 aromatic heterocycles. The first-order chi connectivity index (χ1) is 12.3. The molecule has 2 rings (SSSR count). The van der Waals surface area contributed by atoms with Gasteiger partial charge in [0.1, 0.15) is 0 Å². The standard InChI is InChI=1S/C19H31N5O2/c1-7-13(8-2)17(25)24-10-9-14(12-24)16-15(18(26)22(3)4)11-20-19(21-16)23(5)6/h11,13-14H,7-10,12H2,1-6H3. The van der Waals surface area contributed by atoms with Crippen molar-refractivity contribution < 1.29 is 9.59 Å². The maximum absolute atomic E-state index is 12.7. The van der Waals surface area contributed by atoms with Gasteiger partial charge in [0.15, 0.2) is 0 Å². The quantitative estimate of drug-likeness (QED) is 0.775. The Morgan fingerprint density at radius 1 is 1.23 bits per heavy atom. The molecule has 1 aromatic rings. The molecule has 0 bridgehead atoms. The minimum Gasteiger partial charge on any atom is -0.347 e. The second-order valence-electron chi connectivity index (χ2n) is 7.35. The summed E-state index contributed by atoms with van der Waals surface area (Å²) < 4.78 is 0. The van der Waals surface area contributed by atoms with Crippen LogP contribution in [-0.4, -0.2) is 72.9 Å². The zero-order chi connectivity index (χ0) is 19.4. The number of carbonyl (C=O) groups is 2. The number of nitrogens with zero attached hydrogens (tertiary/aromatic N) is 5. The largest absolute Gasteiger partial charge is 0.347 e. The van der Waals surface area contributed by atoms with Gasteiger partial charge in [0, 0.05) is 59.3 Å². The third-order valence-corrected chi connectivity index (χ3v) is 5.06. The smallest absolute Gasteiger partial charge is 0.256 e. The molecule has 1 aliphatic heterocycles. The van der Waals surface area contributed by atoms with Crippen LogP contribution in [0.25, 0.3) is 0 Å². The third kappa shape index (κ3) is 4.14. The van der Waals surface area contributed by atoms with E-state index < -0.39 is 0 Å². The van der Waals surface area contributed by atoms with E-state index in [1.54, 1.807) is 25.2 Å². The molecule has 7 nitrogen and oxygen atoms in total. The summed E-state index contributed by atoms with van der Waals surface area (Å²) in [5.41, 5.74) is 1.28. The van der Waals surface area contributed by atoms with Gasteiger partial charge in [-0.05, 0) is 19.3 Å². The van der Waals surface area contributed by atoms with E-state index in [-0.39, 0.29) is 23.7 Å². The molecule has 1 atom stereocenters. The Morgan fingerprint density at radius 3 is 2.42 bits per heavy atom. The van der Waals surface area contributed by atoms with Crippen LogP contribution in [0, 0.1) is 5.92 Å². The van der Waals surface area contributed by atoms with Crippen LogP contribution in [0.3, 0.4) is 0 Å².